The third kappa shape index (κ3) is 18.7. The van der Waals surface area contributed by atoms with Crippen molar-refractivity contribution in [1.82, 2.24) is 4.90 Å². The normalized spacial score (nSPS) is 28.2. The largest absolute Gasteiger partial charge is 1.00 e. The molecule has 14 atom stereocenters. The molecule has 16 heteroatoms. The minimum absolute atomic E-state index is 0. The SMILES string of the molecule is CO[C@@H](C[C@@H]1CC[C@@H](C)[C@](O)(C(=O)C(=O)N2CCCC[C@H]2C(=O)[O-])O1)/C(C)=C/C=C/C=C/[C@@H](C)C[C@@H](C)C(=O)[C@H](OC)[C@H](O)/C(C)=C/[C@@H](C)C(=O)/C=C/[C@H](C)C[C@@H]1CC[C@@H](OCCO)[C@H](OC)C1.[Na+]. The van der Waals surface area contributed by atoms with Gasteiger partial charge >= 0.3 is 29.6 Å². The molecule has 1 saturated carbocycles. The quantitative estimate of drug-likeness (QED) is 0.0354. The van der Waals surface area contributed by atoms with Crippen LogP contribution in [-0.4, -0.2) is 139 Å². The van der Waals surface area contributed by atoms with Crippen LogP contribution in [0.4, 0.5) is 0 Å². The number of carboxylic acids is 1. The van der Waals surface area contributed by atoms with Crippen molar-refractivity contribution in [2.24, 2.45) is 35.5 Å². The van der Waals surface area contributed by atoms with E-state index in [0.29, 0.717) is 56.6 Å². The second-order valence-corrected chi connectivity index (χ2v) is 19.6. The molecule has 3 N–H and O–H groups in total. The number of amides is 1. The van der Waals surface area contributed by atoms with Crippen molar-refractivity contribution in [2.45, 2.75) is 168 Å². The van der Waals surface area contributed by atoms with Crippen LogP contribution in [-0.2, 0) is 47.7 Å². The number of carboxylic acid groups (broad SMARTS) is 1. The smallest absolute Gasteiger partial charge is 0.548 e. The molecule has 0 spiro atoms. The number of nitrogens with zero attached hydrogens (tertiary/aromatic N) is 1. The summed E-state index contributed by atoms with van der Waals surface area (Å²) in [5.41, 5.74) is 1.34. The maximum atomic E-state index is 13.6. The number of aliphatic carboxylic acids is 1. The fourth-order valence-electron chi connectivity index (χ4n) is 9.85. The van der Waals surface area contributed by atoms with Gasteiger partial charge in [-0.15, -0.1) is 0 Å². The van der Waals surface area contributed by atoms with Crippen molar-refractivity contribution in [3.8, 4) is 0 Å². The summed E-state index contributed by atoms with van der Waals surface area (Å²) >= 11 is 0. The number of Topliss-reactive ketones (excluding diaryl/α,β-unsaturated/α-hetero) is 2. The topological polar surface area (TPSA) is 218 Å². The van der Waals surface area contributed by atoms with Crippen LogP contribution < -0.4 is 34.7 Å². The first kappa shape index (κ1) is 62.4. The van der Waals surface area contributed by atoms with Gasteiger partial charge in [-0.1, -0.05) is 77.2 Å². The molecule has 3 fully saturated rings. The van der Waals surface area contributed by atoms with E-state index in [1.54, 1.807) is 47.1 Å². The molecule has 384 valence electrons. The average molecular weight is 980 g/mol. The number of carbonyl (C=O) groups excluding carboxylic acids is 5. The number of hydrogen-bond donors (Lipinski definition) is 3. The Hall–Kier alpha value is -2.67. The van der Waals surface area contributed by atoms with Gasteiger partial charge in [0.05, 0.1) is 49.6 Å². The molecule has 0 radical (unpaired) electrons. The molecule has 0 unspecified atom stereocenters. The van der Waals surface area contributed by atoms with E-state index >= 15 is 0 Å². The van der Waals surface area contributed by atoms with Gasteiger partial charge in [0.15, 0.2) is 11.6 Å². The fourth-order valence-corrected chi connectivity index (χ4v) is 9.85. The van der Waals surface area contributed by atoms with Crippen molar-refractivity contribution >= 4 is 29.2 Å². The maximum Gasteiger partial charge on any atom is 1.00 e. The summed E-state index contributed by atoms with van der Waals surface area (Å²) in [4.78, 5) is 66.0. The number of carbonyl (C=O) groups is 5. The van der Waals surface area contributed by atoms with E-state index in [2.05, 4.69) is 6.92 Å². The fraction of sp³-hybridized carbons (Fsp3) is 0.717. The number of ether oxygens (including phenoxy) is 5. The van der Waals surface area contributed by atoms with Gasteiger partial charge in [0, 0.05) is 52.0 Å². The van der Waals surface area contributed by atoms with E-state index in [-0.39, 0.29) is 84.7 Å². The van der Waals surface area contributed by atoms with Crippen LogP contribution in [0.25, 0.3) is 0 Å². The molecule has 2 aliphatic heterocycles. The minimum Gasteiger partial charge on any atom is -0.548 e. The molecule has 0 aromatic rings. The van der Waals surface area contributed by atoms with Crippen molar-refractivity contribution < 1.29 is 97.6 Å². The summed E-state index contributed by atoms with van der Waals surface area (Å²) in [6, 6.07) is -1.23. The second kappa shape index (κ2) is 31.0. The molecule has 3 rings (SSSR count). The number of allylic oxidation sites excluding steroid dienone is 8. The van der Waals surface area contributed by atoms with Gasteiger partial charge < -0.3 is 53.8 Å². The van der Waals surface area contributed by atoms with Gasteiger partial charge in [0.2, 0.25) is 5.79 Å². The summed E-state index contributed by atoms with van der Waals surface area (Å²) in [5.74, 6) is -7.43. The Morgan fingerprint density at radius 3 is 2.22 bits per heavy atom. The van der Waals surface area contributed by atoms with Crippen LogP contribution in [0.2, 0.25) is 0 Å². The van der Waals surface area contributed by atoms with Gasteiger partial charge in [-0.25, -0.2) is 0 Å². The average Bonchev–Trinajstić information content (AvgIpc) is 3.32. The molecular weight excluding hydrogens is 898 g/mol. The van der Waals surface area contributed by atoms with Crippen LogP contribution in [0, 0.1) is 35.5 Å². The van der Waals surface area contributed by atoms with E-state index in [1.807, 2.05) is 57.2 Å². The number of ketones is 3. The first-order valence-corrected chi connectivity index (χ1v) is 24.6. The Balaban J connectivity index is 0.0000163. The van der Waals surface area contributed by atoms with Crippen molar-refractivity contribution in [1.29, 1.82) is 0 Å². The molecule has 0 aromatic heterocycles. The third-order valence-corrected chi connectivity index (χ3v) is 14.1. The van der Waals surface area contributed by atoms with Crippen LogP contribution in [0.15, 0.2) is 59.8 Å². The van der Waals surface area contributed by atoms with E-state index in [1.165, 1.54) is 7.11 Å². The first-order chi connectivity index (χ1) is 32.2. The second-order valence-electron chi connectivity index (χ2n) is 19.6. The summed E-state index contributed by atoms with van der Waals surface area (Å²) in [6.07, 6.45) is 18.0. The number of aliphatic hydroxyl groups excluding tert-OH is 2. The van der Waals surface area contributed by atoms with Crippen molar-refractivity contribution in [3.63, 3.8) is 0 Å². The number of piperidine rings is 1. The molecule has 69 heavy (non-hydrogen) atoms. The Morgan fingerprint density at radius 2 is 1.58 bits per heavy atom. The van der Waals surface area contributed by atoms with Crippen LogP contribution >= 0.6 is 0 Å². The van der Waals surface area contributed by atoms with Gasteiger partial charge in [-0.2, -0.15) is 0 Å². The molecular formula is C53H82NNaO14. The van der Waals surface area contributed by atoms with Crippen LogP contribution in [0.1, 0.15) is 119 Å². The van der Waals surface area contributed by atoms with Crippen LogP contribution in [0.3, 0.4) is 0 Å². The van der Waals surface area contributed by atoms with Gasteiger partial charge in [-0.05, 0) is 113 Å². The zero-order valence-corrected chi connectivity index (χ0v) is 45.3. The van der Waals surface area contributed by atoms with E-state index in [9.17, 15) is 39.3 Å². The Bertz CT molecular complexity index is 1810. The van der Waals surface area contributed by atoms with Gasteiger partial charge in [0.25, 0.3) is 11.7 Å². The Morgan fingerprint density at radius 1 is 0.870 bits per heavy atom. The molecule has 0 bridgehead atoms. The Labute approximate surface area is 433 Å². The van der Waals surface area contributed by atoms with E-state index in [4.69, 9.17) is 28.8 Å². The molecule has 15 nitrogen and oxygen atoms in total. The molecule has 0 aromatic carbocycles. The molecule has 2 saturated heterocycles. The zero-order valence-electron chi connectivity index (χ0n) is 43.3. The van der Waals surface area contributed by atoms with Crippen molar-refractivity contribution in [3.05, 3.63) is 59.8 Å². The van der Waals surface area contributed by atoms with Gasteiger partial charge in [-0.3, -0.25) is 19.2 Å². The Kier molecular flexibility index (Phi) is 28.1. The third-order valence-electron chi connectivity index (χ3n) is 14.1. The summed E-state index contributed by atoms with van der Waals surface area (Å²) < 4.78 is 28.7. The predicted molar refractivity (Wildman–Crippen MR) is 256 cm³/mol. The monoisotopic (exact) mass is 980 g/mol. The van der Waals surface area contributed by atoms with Crippen LogP contribution in [0.5, 0.6) is 0 Å². The predicted octanol–water partition coefficient (Wildman–Crippen LogP) is 2.19. The number of rotatable bonds is 27. The number of hydrogen-bond acceptors (Lipinski definition) is 14. The molecule has 1 amide bonds. The molecule has 3 aliphatic rings. The minimum atomic E-state index is -2.40. The number of likely N-dealkylation sites (tertiary alicyclic amines) is 1. The zero-order chi connectivity index (χ0) is 50.7. The number of methoxy groups -OCH3 is 3. The van der Waals surface area contributed by atoms with E-state index < -0.39 is 71.7 Å². The number of aliphatic hydroxyl groups is 3. The van der Waals surface area contributed by atoms with E-state index in [0.717, 1.165) is 36.2 Å². The standard InChI is InChI=1S/C53H83NO14.Na/c1-33(16-12-11-13-17-35(3)45(64-8)32-41-22-20-39(7)53(63,68-41)50(59)51(60)54-25-15-14-18-42(54)52(61)62)28-37(5)47(57)49(66-10)48(58)38(6)30-36(4)43(56)23-19-34(2)29-40-21-24-44(67-27-26-55)46(31-40)65-9;/h11-13,16-17,19,23,30,33-34,36-37,39-42,44-46,48-49,55,58,63H,14-15,18,20-22,24-29,31-32H2,1-10H3,(H,61,62);/q;+1/p-1/b13-11+,16-12+,23-19+,35-17+,38-30+;/t33-,34+,36-,37-,39-,40+,41+,42+,44-,45+,46-,48-,49+,53-;/m1./s1. The maximum absolute atomic E-state index is 13.6. The van der Waals surface area contributed by atoms with Crippen molar-refractivity contribution in [2.75, 3.05) is 41.1 Å². The molecule has 2 heterocycles. The molecule has 1 aliphatic carbocycles. The first-order valence-electron chi connectivity index (χ1n) is 24.6. The summed E-state index contributed by atoms with van der Waals surface area (Å²) in [5, 5.41) is 43.5. The summed E-state index contributed by atoms with van der Waals surface area (Å²) in [7, 11) is 4.63. The summed E-state index contributed by atoms with van der Waals surface area (Å²) in [6.45, 7) is 13.3. The van der Waals surface area contributed by atoms with Gasteiger partial charge in [0.1, 0.15) is 12.2 Å².